The number of phenols is 1. The van der Waals surface area contributed by atoms with Gasteiger partial charge in [0.15, 0.2) is 0 Å². The maximum absolute atomic E-state index is 12.4. The summed E-state index contributed by atoms with van der Waals surface area (Å²) >= 11 is 5.20. The van der Waals surface area contributed by atoms with Crippen molar-refractivity contribution in [2.24, 2.45) is 0 Å². The van der Waals surface area contributed by atoms with Gasteiger partial charge in [0, 0.05) is 3.57 Å². The number of aromatic nitrogens is 2. The van der Waals surface area contributed by atoms with E-state index in [0.717, 1.165) is 20.8 Å². The first-order valence-electron chi connectivity index (χ1n) is 5.77. The number of nitrogens with zero attached hydrogens (tertiary/aromatic N) is 2. The zero-order chi connectivity index (χ0) is 15.0. The lowest BCUT2D eigenvalue weighted by Crippen LogP contribution is -2.13. The van der Waals surface area contributed by atoms with Crippen LogP contribution in [0.15, 0.2) is 30.3 Å². The fourth-order valence-corrected chi connectivity index (χ4v) is 4.23. The number of nitrogens with one attached hydrogen (secondary N) is 1. The SMILES string of the molecule is O=C(Nc1cccc2nsnc12)c1cc(I)cc(I)c1O. The van der Waals surface area contributed by atoms with Crippen molar-refractivity contribution in [3.63, 3.8) is 0 Å². The van der Waals surface area contributed by atoms with Crippen LogP contribution in [0.5, 0.6) is 5.75 Å². The van der Waals surface area contributed by atoms with Gasteiger partial charge in [0.25, 0.3) is 5.91 Å². The van der Waals surface area contributed by atoms with Crippen LogP contribution in [-0.2, 0) is 0 Å². The average Bonchev–Trinajstić information content (AvgIpc) is 2.92. The van der Waals surface area contributed by atoms with Gasteiger partial charge in [0.05, 0.1) is 26.5 Å². The van der Waals surface area contributed by atoms with Gasteiger partial charge in [0.2, 0.25) is 0 Å². The molecule has 21 heavy (non-hydrogen) atoms. The van der Waals surface area contributed by atoms with Crippen LogP contribution in [0.1, 0.15) is 10.4 Å². The molecule has 1 aromatic heterocycles. The highest BCUT2D eigenvalue weighted by Crippen LogP contribution is 2.28. The summed E-state index contributed by atoms with van der Waals surface area (Å²) < 4.78 is 9.83. The third-order valence-electron chi connectivity index (χ3n) is 2.81. The Balaban J connectivity index is 1.99. The lowest BCUT2D eigenvalue weighted by molar-refractivity contribution is 0.102. The molecule has 0 fully saturated rings. The fourth-order valence-electron chi connectivity index (χ4n) is 1.84. The average molecular weight is 523 g/mol. The van der Waals surface area contributed by atoms with Crippen molar-refractivity contribution in [2.75, 3.05) is 5.32 Å². The molecule has 2 aromatic carbocycles. The summed E-state index contributed by atoms with van der Waals surface area (Å²) in [4.78, 5) is 12.4. The number of carbonyl (C=O) groups is 1. The molecule has 1 amide bonds. The van der Waals surface area contributed by atoms with Gasteiger partial charge in [0.1, 0.15) is 16.8 Å². The van der Waals surface area contributed by atoms with Crippen molar-refractivity contribution in [3.8, 4) is 5.75 Å². The van der Waals surface area contributed by atoms with Crippen LogP contribution < -0.4 is 5.32 Å². The second-order valence-corrected chi connectivity index (χ2v) is 7.11. The van der Waals surface area contributed by atoms with Gasteiger partial charge >= 0.3 is 0 Å². The minimum absolute atomic E-state index is 0.0166. The zero-order valence-electron chi connectivity index (χ0n) is 10.3. The van der Waals surface area contributed by atoms with Crippen molar-refractivity contribution >= 4 is 79.5 Å². The van der Waals surface area contributed by atoms with Crippen LogP contribution in [0.25, 0.3) is 11.0 Å². The van der Waals surface area contributed by atoms with Gasteiger partial charge in [-0.1, -0.05) is 6.07 Å². The third-order valence-corrected chi connectivity index (χ3v) is 4.79. The van der Waals surface area contributed by atoms with E-state index in [1.54, 1.807) is 24.3 Å². The molecule has 3 rings (SSSR count). The van der Waals surface area contributed by atoms with Crippen LogP contribution in [0.2, 0.25) is 0 Å². The van der Waals surface area contributed by atoms with E-state index < -0.39 is 0 Å². The molecule has 2 N–H and O–H groups in total. The second-order valence-electron chi connectivity index (χ2n) is 4.18. The number of fused-ring (bicyclic) bond motifs is 1. The molecular formula is C13H7I2N3O2S. The summed E-state index contributed by atoms with van der Waals surface area (Å²) in [6, 6.07) is 8.85. The maximum Gasteiger partial charge on any atom is 0.259 e. The van der Waals surface area contributed by atoms with E-state index in [2.05, 4.69) is 36.7 Å². The number of aromatic hydroxyl groups is 1. The first-order valence-corrected chi connectivity index (χ1v) is 8.65. The molecule has 0 saturated carbocycles. The van der Waals surface area contributed by atoms with Crippen LogP contribution in [0.3, 0.4) is 0 Å². The molecule has 0 aliphatic carbocycles. The van der Waals surface area contributed by atoms with Gasteiger partial charge in [-0.05, 0) is 69.4 Å². The summed E-state index contributed by atoms with van der Waals surface area (Å²) in [5.41, 5.74) is 2.21. The Morgan fingerprint density at radius 1 is 1.24 bits per heavy atom. The molecule has 8 heteroatoms. The lowest BCUT2D eigenvalue weighted by atomic mass is 10.2. The zero-order valence-corrected chi connectivity index (χ0v) is 15.4. The van der Waals surface area contributed by atoms with E-state index in [1.165, 1.54) is 0 Å². The van der Waals surface area contributed by atoms with Gasteiger partial charge in [-0.2, -0.15) is 8.75 Å². The summed E-state index contributed by atoms with van der Waals surface area (Å²) in [6.07, 6.45) is 0. The maximum atomic E-state index is 12.4. The van der Waals surface area contributed by atoms with Crippen LogP contribution >= 0.6 is 56.9 Å². The fraction of sp³-hybridized carbons (Fsp3) is 0. The summed E-state index contributed by atoms with van der Waals surface area (Å²) in [6.45, 7) is 0. The molecule has 0 atom stereocenters. The highest BCUT2D eigenvalue weighted by molar-refractivity contribution is 14.1. The van der Waals surface area contributed by atoms with E-state index in [9.17, 15) is 9.90 Å². The Morgan fingerprint density at radius 3 is 2.86 bits per heavy atom. The normalized spacial score (nSPS) is 10.8. The summed E-state index contributed by atoms with van der Waals surface area (Å²) in [5.74, 6) is -0.387. The lowest BCUT2D eigenvalue weighted by Gasteiger charge is -2.09. The molecule has 3 aromatic rings. The van der Waals surface area contributed by atoms with E-state index in [4.69, 9.17) is 0 Å². The van der Waals surface area contributed by atoms with E-state index in [1.807, 2.05) is 28.7 Å². The van der Waals surface area contributed by atoms with Crippen molar-refractivity contribution < 1.29 is 9.90 Å². The molecule has 0 radical (unpaired) electrons. The highest BCUT2D eigenvalue weighted by Gasteiger charge is 2.16. The Kier molecular flexibility index (Phi) is 4.26. The van der Waals surface area contributed by atoms with E-state index in [-0.39, 0.29) is 17.2 Å². The first kappa shape index (κ1) is 14.9. The predicted molar refractivity (Wildman–Crippen MR) is 98.9 cm³/mol. The van der Waals surface area contributed by atoms with E-state index in [0.29, 0.717) is 14.8 Å². The van der Waals surface area contributed by atoms with Crippen molar-refractivity contribution in [3.05, 3.63) is 43.0 Å². The smallest absolute Gasteiger partial charge is 0.259 e. The molecule has 0 aliphatic heterocycles. The monoisotopic (exact) mass is 523 g/mol. The van der Waals surface area contributed by atoms with Gasteiger partial charge in [-0.25, -0.2) is 0 Å². The number of halogens is 2. The van der Waals surface area contributed by atoms with Gasteiger partial charge in [-0.3, -0.25) is 4.79 Å². The van der Waals surface area contributed by atoms with Crippen molar-refractivity contribution in [1.29, 1.82) is 0 Å². The van der Waals surface area contributed by atoms with Gasteiger partial charge in [-0.15, -0.1) is 0 Å². The molecule has 0 spiro atoms. The van der Waals surface area contributed by atoms with Crippen LogP contribution in [-0.4, -0.2) is 19.8 Å². The molecule has 5 nitrogen and oxygen atoms in total. The third kappa shape index (κ3) is 2.97. The number of hydrogen-bond acceptors (Lipinski definition) is 5. The van der Waals surface area contributed by atoms with Crippen LogP contribution in [0, 0.1) is 7.14 Å². The Labute approximate surface area is 151 Å². The quantitative estimate of drug-likeness (QED) is 0.501. The number of phenolic OH excluding ortho intramolecular Hbond substituents is 1. The topological polar surface area (TPSA) is 75.1 Å². The Hall–Kier alpha value is -1.01. The summed E-state index contributed by atoms with van der Waals surface area (Å²) in [5, 5.41) is 12.8. The molecule has 0 aliphatic rings. The number of anilines is 1. The van der Waals surface area contributed by atoms with E-state index >= 15 is 0 Å². The minimum Gasteiger partial charge on any atom is -0.506 e. The number of rotatable bonds is 2. The number of carbonyl (C=O) groups excluding carboxylic acids is 1. The van der Waals surface area contributed by atoms with Crippen LogP contribution in [0.4, 0.5) is 5.69 Å². The number of amides is 1. The van der Waals surface area contributed by atoms with Crippen molar-refractivity contribution in [2.45, 2.75) is 0 Å². The number of hydrogen-bond donors (Lipinski definition) is 2. The molecule has 0 unspecified atom stereocenters. The number of benzene rings is 2. The summed E-state index contributed by atoms with van der Waals surface area (Å²) in [7, 11) is 0. The molecule has 1 heterocycles. The Morgan fingerprint density at radius 2 is 2.05 bits per heavy atom. The molecule has 106 valence electrons. The highest BCUT2D eigenvalue weighted by atomic mass is 127. The molecule has 0 bridgehead atoms. The minimum atomic E-state index is -0.371. The largest absolute Gasteiger partial charge is 0.506 e. The molecule has 0 saturated heterocycles. The first-order chi connectivity index (χ1) is 10.1. The standard InChI is InChI=1S/C13H7I2N3O2S/c14-6-4-7(12(19)8(15)5-6)13(20)16-9-2-1-3-10-11(9)18-21-17-10/h1-5,19H,(H,16,20). The Bertz CT molecular complexity index is 851. The molecular weight excluding hydrogens is 516 g/mol. The second kappa shape index (κ2) is 6.01. The van der Waals surface area contributed by atoms with Gasteiger partial charge < -0.3 is 10.4 Å². The van der Waals surface area contributed by atoms with Crippen molar-refractivity contribution in [1.82, 2.24) is 8.75 Å². The predicted octanol–water partition coefficient (Wildman–Crippen LogP) is 3.86.